The van der Waals surface area contributed by atoms with Crippen LogP contribution >= 0.6 is 0 Å². The van der Waals surface area contributed by atoms with E-state index in [9.17, 15) is 9.59 Å². The van der Waals surface area contributed by atoms with Crippen LogP contribution in [-0.2, 0) is 19.1 Å². The Hall–Kier alpha value is -1.06. The van der Waals surface area contributed by atoms with Gasteiger partial charge in [0.2, 0.25) is 0 Å². The predicted octanol–water partition coefficient (Wildman–Crippen LogP) is 8.30. The molecule has 1 atom stereocenters. The number of ether oxygens (including phenoxy) is 2. The second kappa shape index (κ2) is 23.6. The Morgan fingerprint density at radius 3 is 1.48 bits per heavy atom. The van der Waals surface area contributed by atoms with Crippen molar-refractivity contribution >= 4 is 11.9 Å². The molecule has 184 valence electrons. The molecule has 0 N–H and O–H groups in total. The minimum atomic E-state index is -0.288. The van der Waals surface area contributed by atoms with E-state index < -0.39 is 0 Å². The van der Waals surface area contributed by atoms with Crippen LogP contribution in [0.2, 0.25) is 0 Å². The van der Waals surface area contributed by atoms with Gasteiger partial charge in [0, 0.05) is 0 Å². The maximum atomic E-state index is 11.8. The topological polar surface area (TPSA) is 52.6 Å². The van der Waals surface area contributed by atoms with E-state index in [1.54, 1.807) is 0 Å². The Morgan fingerprint density at radius 2 is 1.03 bits per heavy atom. The molecular formula is C27H52O4. The summed E-state index contributed by atoms with van der Waals surface area (Å²) < 4.78 is 10.6. The first kappa shape index (κ1) is 29.9. The highest BCUT2D eigenvalue weighted by Crippen LogP contribution is 2.13. The van der Waals surface area contributed by atoms with Gasteiger partial charge in [-0.2, -0.15) is 0 Å². The van der Waals surface area contributed by atoms with E-state index in [-0.39, 0.29) is 30.9 Å². The van der Waals surface area contributed by atoms with Crippen LogP contribution < -0.4 is 0 Å². The number of hydrogen-bond acceptors (Lipinski definition) is 4. The van der Waals surface area contributed by atoms with Gasteiger partial charge in [-0.15, -0.1) is 0 Å². The van der Waals surface area contributed by atoms with Crippen LogP contribution in [0.5, 0.6) is 0 Å². The predicted molar refractivity (Wildman–Crippen MR) is 130 cm³/mol. The molecule has 0 spiro atoms. The summed E-state index contributed by atoms with van der Waals surface area (Å²) in [5, 5.41) is 0. The number of hydrogen-bond donors (Lipinski definition) is 0. The molecule has 0 bridgehead atoms. The number of carbonyl (C=O) groups is 2. The van der Waals surface area contributed by atoms with Gasteiger partial charge in [0.15, 0.2) is 0 Å². The number of esters is 2. The summed E-state index contributed by atoms with van der Waals surface area (Å²) >= 11 is 0. The molecule has 4 heteroatoms. The van der Waals surface area contributed by atoms with Crippen molar-refractivity contribution in [2.45, 2.75) is 155 Å². The summed E-state index contributed by atoms with van der Waals surface area (Å²) in [4.78, 5) is 23.5. The summed E-state index contributed by atoms with van der Waals surface area (Å²) in [5.74, 6) is -0.574. The normalized spacial score (nSPS) is 12.0. The SMILES string of the molecule is CCCCCCCCCCCCCCCCCOC(=O)CCC(=O)OC(CC)CCC. The largest absolute Gasteiger partial charge is 0.466 e. The zero-order valence-corrected chi connectivity index (χ0v) is 21.1. The summed E-state index contributed by atoms with van der Waals surface area (Å²) in [6, 6.07) is 0. The van der Waals surface area contributed by atoms with Crippen molar-refractivity contribution < 1.29 is 19.1 Å². The Morgan fingerprint density at radius 1 is 0.581 bits per heavy atom. The Balaban J connectivity index is 3.34. The van der Waals surface area contributed by atoms with Gasteiger partial charge in [0.05, 0.1) is 19.4 Å². The van der Waals surface area contributed by atoms with E-state index in [1.165, 1.54) is 83.5 Å². The van der Waals surface area contributed by atoms with E-state index in [0.717, 1.165) is 32.1 Å². The average molecular weight is 441 g/mol. The quantitative estimate of drug-likeness (QED) is 0.118. The van der Waals surface area contributed by atoms with Crippen LogP contribution in [0.4, 0.5) is 0 Å². The van der Waals surface area contributed by atoms with Crippen molar-refractivity contribution in [3.05, 3.63) is 0 Å². The van der Waals surface area contributed by atoms with Gasteiger partial charge >= 0.3 is 11.9 Å². The van der Waals surface area contributed by atoms with Gasteiger partial charge in [-0.1, -0.05) is 117 Å². The van der Waals surface area contributed by atoms with Gasteiger partial charge in [0.25, 0.3) is 0 Å². The molecule has 0 radical (unpaired) electrons. The molecule has 31 heavy (non-hydrogen) atoms. The van der Waals surface area contributed by atoms with Gasteiger partial charge in [-0.05, 0) is 19.3 Å². The van der Waals surface area contributed by atoms with Crippen LogP contribution in [0.25, 0.3) is 0 Å². The molecule has 1 unspecified atom stereocenters. The van der Waals surface area contributed by atoms with Crippen LogP contribution in [-0.4, -0.2) is 24.6 Å². The molecular weight excluding hydrogens is 388 g/mol. The van der Waals surface area contributed by atoms with Crippen LogP contribution in [0.15, 0.2) is 0 Å². The Kier molecular flexibility index (Phi) is 22.8. The maximum absolute atomic E-state index is 11.8. The molecule has 0 fully saturated rings. The molecule has 0 saturated heterocycles. The van der Waals surface area contributed by atoms with Gasteiger partial charge in [-0.3, -0.25) is 9.59 Å². The van der Waals surface area contributed by atoms with E-state index in [2.05, 4.69) is 13.8 Å². The Bertz CT molecular complexity index is 408. The molecule has 0 heterocycles. The second-order valence-corrected chi connectivity index (χ2v) is 8.98. The zero-order valence-electron chi connectivity index (χ0n) is 21.1. The number of carbonyl (C=O) groups excluding carboxylic acids is 2. The summed E-state index contributed by atoms with van der Waals surface area (Å²) in [6.07, 6.45) is 22.8. The molecule has 4 nitrogen and oxygen atoms in total. The van der Waals surface area contributed by atoms with E-state index in [0.29, 0.717) is 6.61 Å². The fourth-order valence-corrected chi connectivity index (χ4v) is 3.85. The van der Waals surface area contributed by atoms with E-state index >= 15 is 0 Å². The van der Waals surface area contributed by atoms with Crippen molar-refractivity contribution in [1.29, 1.82) is 0 Å². The molecule has 0 aromatic carbocycles. The molecule has 0 aliphatic carbocycles. The lowest BCUT2D eigenvalue weighted by molar-refractivity contribution is -0.154. The lowest BCUT2D eigenvalue weighted by Gasteiger charge is -2.15. The molecule has 0 aromatic rings. The standard InChI is InChI=1S/C27H52O4/c1-4-7-8-9-10-11-12-13-14-15-16-17-18-19-20-24-30-26(28)22-23-27(29)31-25(6-3)21-5-2/h25H,4-24H2,1-3H3. The lowest BCUT2D eigenvalue weighted by Crippen LogP contribution is -2.18. The van der Waals surface area contributed by atoms with Crippen molar-refractivity contribution in [2.24, 2.45) is 0 Å². The van der Waals surface area contributed by atoms with Crippen LogP contribution in [0.3, 0.4) is 0 Å². The molecule has 0 saturated carbocycles. The molecule has 0 rings (SSSR count). The third-order valence-corrected chi connectivity index (χ3v) is 5.91. The summed E-state index contributed by atoms with van der Waals surface area (Å²) in [5.41, 5.74) is 0. The first-order valence-electron chi connectivity index (χ1n) is 13.5. The molecule has 0 aliphatic rings. The maximum Gasteiger partial charge on any atom is 0.306 e. The Labute approximate surface area is 193 Å². The van der Waals surface area contributed by atoms with Gasteiger partial charge in [-0.25, -0.2) is 0 Å². The lowest BCUT2D eigenvalue weighted by atomic mass is 10.0. The minimum absolute atomic E-state index is 0.0196. The molecule has 0 amide bonds. The van der Waals surface area contributed by atoms with Crippen LogP contribution in [0, 0.1) is 0 Å². The van der Waals surface area contributed by atoms with Gasteiger partial charge < -0.3 is 9.47 Å². The zero-order chi connectivity index (χ0) is 23.0. The molecule has 0 aromatic heterocycles. The summed E-state index contributed by atoms with van der Waals surface area (Å²) in [6.45, 7) is 6.83. The first-order chi connectivity index (χ1) is 15.1. The average Bonchev–Trinajstić information content (AvgIpc) is 2.77. The number of unbranched alkanes of at least 4 members (excludes halogenated alkanes) is 14. The van der Waals surface area contributed by atoms with Crippen molar-refractivity contribution in [1.82, 2.24) is 0 Å². The highest BCUT2D eigenvalue weighted by Gasteiger charge is 2.13. The van der Waals surface area contributed by atoms with Gasteiger partial charge in [0.1, 0.15) is 6.10 Å². The van der Waals surface area contributed by atoms with Crippen molar-refractivity contribution in [2.75, 3.05) is 6.61 Å². The fraction of sp³-hybridized carbons (Fsp3) is 0.926. The molecule has 0 aliphatic heterocycles. The van der Waals surface area contributed by atoms with Crippen molar-refractivity contribution in [3.63, 3.8) is 0 Å². The van der Waals surface area contributed by atoms with E-state index in [1.807, 2.05) is 6.92 Å². The van der Waals surface area contributed by atoms with Crippen molar-refractivity contribution in [3.8, 4) is 0 Å². The third kappa shape index (κ3) is 21.9. The summed E-state index contributed by atoms with van der Waals surface area (Å²) in [7, 11) is 0. The smallest absolute Gasteiger partial charge is 0.306 e. The first-order valence-corrected chi connectivity index (χ1v) is 13.5. The van der Waals surface area contributed by atoms with Crippen LogP contribution in [0.1, 0.15) is 149 Å². The minimum Gasteiger partial charge on any atom is -0.466 e. The number of rotatable bonds is 23. The fourth-order valence-electron chi connectivity index (χ4n) is 3.85. The third-order valence-electron chi connectivity index (χ3n) is 5.91. The van der Waals surface area contributed by atoms with E-state index in [4.69, 9.17) is 9.47 Å². The highest BCUT2D eigenvalue weighted by atomic mass is 16.5. The monoisotopic (exact) mass is 440 g/mol. The highest BCUT2D eigenvalue weighted by molar-refractivity contribution is 5.77. The second-order valence-electron chi connectivity index (χ2n) is 8.98.